The second-order valence-corrected chi connectivity index (χ2v) is 7.37. The monoisotopic (exact) mass is 435 g/mol. The maximum Gasteiger partial charge on any atom is 0.194 e. The fourth-order valence-corrected chi connectivity index (χ4v) is 3.69. The van der Waals surface area contributed by atoms with Gasteiger partial charge in [0, 0.05) is 45.3 Å². The number of halogens is 1. The second-order valence-electron chi connectivity index (χ2n) is 6.97. The van der Waals surface area contributed by atoms with Crippen LogP contribution in [0.25, 0.3) is 0 Å². The van der Waals surface area contributed by atoms with Crippen LogP contribution in [0.5, 0.6) is 11.5 Å². The van der Waals surface area contributed by atoms with Crippen LogP contribution in [-0.2, 0) is 13.1 Å². The molecule has 8 nitrogen and oxygen atoms in total. The molecular formula is C21H30ClN5O3. The van der Waals surface area contributed by atoms with Crippen molar-refractivity contribution in [1.82, 2.24) is 20.3 Å². The lowest BCUT2D eigenvalue weighted by atomic mass is 10.2. The molecule has 0 bridgehead atoms. The van der Waals surface area contributed by atoms with E-state index >= 15 is 0 Å². The Morgan fingerprint density at radius 3 is 2.70 bits per heavy atom. The minimum atomic E-state index is 0.504. The average Bonchev–Trinajstić information content (AvgIpc) is 3.26. The molecule has 9 heteroatoms. The van der Waals surface area contributed by atoms with Gasteiger partial charge in [-0.2, -0.15) is 0 Å². The van der Waals surface area contributed by atoms with Crippen LogP contribution in [0.15, 0.2) is 34.0 Å². The van der Waals surface area contributed by atoms with E-state index in [2.05, 4.69) is 27.2 Å². The third kappa shape index (κ3) is 5.79. The molecule has 1 aromatic heterocycles. The fourth-order valence-electron chi connectivity index (χ4n) is 3.41. The number of ether oxygens (including phenoxy) is 2. The topological polar surface area (TPSA) is 75.4 Å². The molecule has 1 N–H and O–H groups in total. The van der Waals surface area contributed by atoms with Crippen molar-refractivity contribution in [1.29, 1.82) is 0 Å². The number of guanidine groups is 1. The number of benzene rings is 1. The van der Waals surface area contributed by atoms with Crippen molar-refractivity contribution in [2.45, 2.75) is 26.9 Å². The highest BCUT2D eigenvalue weighted by atomic mass is 35.5. The zero-order valence-corrected chi connectivity index (χ0v) is 18.6. The predicted molar refractivity (Wildman–Crippen MR) is 117 cm³/mol. The molecule has 164 valence electrons. The third-order valence-corrected chi connectivity index (χ3v) is 5.15. The highest BCUT2D eigenvalue weighted by molar-refractivity contribution is 6.32. The van der Waals surface area contributed by atoms with E-state index in [1.807, 2.05) is 25.1 Å². The number of piperazine rings is 1. The lowest BCUT2D eigenvalue weighted by Gasteiger charge is -2.36. The molecule has 1 aromatic carbocycles. The van der Waals surface area contributed by atoms with Crippen molar-refractivity contribution in [2.24, 2.45) is 4.99 Å². The molecular weight excluding hydrogens is 406 g/mol. The first kappa shape index (κ1) is 22.2. The second kappa shape index (κ2) is 11.1. The fraction of sp³-hybridized carbons (Fsp3) is 0.524. The first-order chi connectivity index (χ1) is 14.6. The van der Waals surface area contributed by atoms with E-state index in [0.717, 1.165) is 56.5 Å². The molecule has 1 fully saturated rings. The summed E-state index contributed by atoms with van der Waals surface area (Å²) in [5.41, 5.74) is 1.94. The Morgan fingerprint density at radius 2 is 2.07 bits per heavy atom. The Bertz CT molecular complexity index is 820. The Balaban J connectivity index is 1.64. The molecule has 2 aromatic rings. The van der Waals surface area contributed by atoms with Gasteiger partial charge >= 0.3 is 0 Å². The normalized spacial score (nSPS) is 15.3. The number of methoxy groups -OCH3 is 1. The van der Waals surface area contributed by atoms with Crippen LogP contribution in [0, 0.1) is 0 Å². The highest BCUT2D eigenvalue weighted by Crippen LogP contribution is 2.36. The summed E-state index contributed by atoms with van der Waals surface area (Å²) >= 11 is 6.39. The number of nitrogens with one attached hydrogen (secondary N) is 1. The summed E-state index contributed by atoms with van der Waals surface area (Å²) in [4.78, 5) is 9.49. The number of nitrogens with zero attached hydrogens (tertiary/aromatic N) is 4. The molecule has 0 aliphatic carbocycles. The van der Waals surface area contributed by atoms with Crippen molar-refractivity contribution in [3.63, 3.8) is 0 Å². The van der Waals surface area contributed by atoms with Crippen LogP contribution < -0.4 is 14.8 Å². The number of aliphatic imine (C=N–C) groups is 1. The number of aromatic nitrogens is 1. The van der Waals surface area contributed by atoms with Gasteiger partial charge in [-0.15, -0.1) is 0 Å². The zero-order valence-electron chi connectivity index (χ0n) is 17.9. The van der Waals surface area contributed by atoms with Gasteiger partial charge in [-0.05, 0) is 31.5 Å². The quantitative estimate of drug-likeness (QED) is 0.504. The lowest BCUT2D eigenvalue weighted by molar-refractivity contribution is 0.169. The van der Waals surface area contributed by atoms with E-state index in [1.54, 1.807) is 13.4 Å². The number of hydrogen-bond donors (Lipinski definition) is 1. The first-order valence-corrected chi connectivity index (χ1v) is 10.7. The molecule has 2 heterocycles. The summed E-state index contributed by atoms with van der Waals surface area (Å²) in [5, 5.41) is 7.93. The van der Waals surface area contributed by atoms with Gasteiger partial charge in [0.05, 0.1) is 31.0 Å². The predicted octanol–water partition coefficient (Wildman–Crippen LogP) is 3.02. The van der Waals surface area contributed by atoms with Crippen LogP contribution in [0.2, 0.25) is 5.02 Å². The SMILES string of the molecule is CCNC(=NCc1cc(Cl)c(OCC)c(OC)c1)N1CCN(Cc2ccon2)CC1. The molecule has 3 rings (SSSR count). The van der Waals surface area contributed by atoms with E-state index < -0.39 is 0 Å². The lowest BCUT2D eigenvalue weighted by Crippen LogP contribution is -2.52. The van der Waals surface area contributed by atoms with Gasteiger partial charge in [-0.3, -0.25) is 4.90 Å². The van der Waals surface area contributed by atoms with E-state index in [4.69, 9.17) is 30.6 Å². The van der Waals surface area contributed by atoms with Crippen molar-refractivity contribution >= 4 is 17.6 Å². The van der Waals surface area contributed by atoms with Crippen LogP contribution >= 0.6 is 11.6 Å². The summed E-state index contributed by atoms with van der Waals surface area (Å²) in [6.45, 7) is 10.3. The Morgan fingerprint density at radius 1 is 1.27 bits per heavy atom. The van der Waals surface area contributed by atoms with E-state index in [-0.39, 0.29) is 0 Å². The summed E-state index contributed by atoms with van der Waals surface area (Å²) in [7, 11) is 1.61. The maximum atomic E-state index is 6.39. The van der Waals surface area contributed by atoms with Gasteiger partial charge in [0.25, 0.3) is 0 Å². The molecule has 0 saturated carbocycles. The molecule has 30 heavy (non-hydrogen) atoms. The summed E-state index contributed by atoms with van der Waals surface area (Å²) in [6.07, 6.45) is 1.61. The van der Waals surface area contributed by atoms with Gasteiger partial charge < -0.3 is 24.2 Å². The largest absolute Gasteiger partial charge is 0.493 e. The van der Waals surface area contributed by atoms with Gasteiger partial charge in [0.1, 0.15) is 6.26 Å². The molecule has 1 aliphatic heterocycles. The van der Waals surface area contributed by atoms with Gasteiger partial charge in [0.2, 0.25) is 0 Å². The van der Waals surface area contributed by atoms with Crippen LogP contribution in [0.1, 0.15) is 25.1 Å². The minimum absolute atomic E-state index is 0.504. The zero-order chi connectivity index (χ0) is 21.3. The molecule has 0 atom stereocenters. The molecule has 0 unspecified atom stereocenters. The van der Waals surface area contributed by atoms with Crippen molar-refractivity contribution in [3.05, 3.63) is 40.7 Å². The summed E-state index contributed by atoms with van der Waals surface area (Å²) < 4.78 is 16.0. The Hall–Kier alpha value is -2.45. The van der Waals surface area contributed by atoms with Gasteiger partial charge in [-0.25, -0.2) is 4.99 Å². The van der Waals surface area contributed by atoms with E-state index in [9.17, 15) is 0 Å². The summed E-state index contributed by atoms with van der Waals surface area (Å²) in [5.74, 6) is 2.10. The van der Waals surface area contributed by atoms with Gasteiger partial charge in [-0.1, -0.05) is 16.8 Å². The molecule has 0 spiro atoms. The van der Waals surface area contributed by atoms with E-state index in [0.29, 0.717) is 29.7 Å². The Labute approximate surface area is 182 Å². The number of rotatable bonds is 8. The summed E-state index contributed by atoms with van der Waals surface area (Å²) in [6, 6.07) is 5.73. The van der Waals surface area contributed by atoms with E-state index in [1.165, 1.54) is 0 Å². The van der Waals surface area contributed by atoms with Crippen molar-refractivity contribution < 1.29 is 14.0 Å². The molecule has 0 radical (unpaired) electrons. The first-order valence-electron chi connectivity index (χ1n) is 10.3. The van der Waals surface area contributed by atoms with Gasteiger partial charge in [0.15, 0.2) is 17.5 Å². The minimum Gasteiger partial charge on any atom is -0.493 e. The molecule has 1 saturated heterocycles. The van der Waals surface area contributed by atoms with Crippen LogP contribution in [0.4, 0.5) is 0 Å². The number of hydrogen-bond acceptors (Lipinski definition) is 6. The Kier molecular flexibility index (Phi) is 8.21. The van der Waals surface area contributed by atoms with Crippen LogP contribution in [0.3, 0.4) is 0 Å². The van der Waals surface area contributed by atoms with Crippen molar-refractivity contribution in [3.8, 4) is 11.5 Å². The highest BCUT2D eigenvalue weighted by Gasteiger charge is 2.20. The van der Waals surface area contributed by atoms with Crippen LogP contribution in [-0.4, -0.2) is 67.4 Å². The molecule has 0 amide bonds. The smallest absolute Gasteiger partial charge is 0.194 e. The standard InChI is InChI=1S/C21H30ClN5O3/c1-4-23-21(27-9-7-26(8-10-27)15-17-6-11-30-25-17)24-14-16-12-18(22)20(29-5-2)19(13-16)28-3/h6,11-13H,4-5,7-10,14-15H2,1-3H3,(H,23,24). The molecule has 1 aliphatic rings. The van der Waals surface area contributed by atoms with Crippen molar-refractivity contribution in [2.75, 3.05) is 46.4 Å². The average molecular weight is 436 g/mol. The maximum absolute atomic E-state index is 6.39. The third-order valence-electron chi connectivity index (χ3n) is 4.87.